The van der Waals surface area contributed by atoms with Gasteiger partial charge in [-0.2, -0.15) is 0 Å². The summed E-state index contributed by atoms with van der Waals surface area (Å²) in [6.45, 7) is 2.10. The Kier molecular flexibility index (Phi) is 2.76. The van der Waals surface area contributed by atoms with Crippen LogP contribution in [-0.2, 0) is 6.42 Å². The number of nitrogen functional groups attached to an aromatic ring is 1. The zero-order chi connectivity index (χ0) is 12.5. The number of aryl methyl sites for hydroxylation is 1. The van der Waals surface area contributed by atoms with Crippen molar-refractivity contribution < 1.29 is 0 Å². The molecule has 1 aromatic heterocycles. The molecule has 0 saturated carbocycles. The molecule has 2 aromatic carbocycles. The maximum atomic E-state index is 5.97. The number of aromatic nitrogens is 1. The summed E-state index contributed by atoms with van der Waals surface area (Å²) in [5, 5.41) is 1.12. The van der Waals surface area contributed by atoms with Crippen molar-refractivity contribution in [3.05, 3.63) is 58.6 Å². The lowest BCUT2D eigenvalue weighted by molar-refractivity contribution is 1.15. The maximum Gasteiger partial charge on any atom is 0.0983 e. The highest BCUT2D eigenvalue weighted by Crippen LogP contribution is 2.27. The molecule has 0 aliphatic heterocycles. The summed E-state index contributed by atoms with van der Waals surface area (Å²) in [5.74, 6) is 0. The van der Waals surface area contributed by atoms with Crippen molar-refractivity contribution in [1.82, 2.24) is 4.98 Å². The zero-order valence-electron chi connectivity index (χ0n) is 10.2. The highest BCUT2D eigenvalue weighted by molar-refractivity contribution is 7.18. The van der Waals surface area contributed by atoms with E-state index in [2.05, 4.69) is 31.2 Å². The molecule has 0 amide bonds. The van der Waals surface area contributed by atoms with Crippen LogP contribution in [0.25, 0.3) is 10.2 Å². The van der Waals surface area contributed by atoms with Gasteiger partial charge >= 0.3 is 0 Å². The van der Waals surface area contributed by atoms with E-state index < -0.39 is 0 Å². The third kappa shape index (κ3) is 1.97. The van der Waals surface area contributed by atoms with Gasteiger partial charge in [0.15, 0.2) is 0 Å². The van der Waals surface area contributed by atoms with Gasteiger partial charge in [-0.1, -0.05) is 30.3 Å². The Labute approximate surface area is 110 Å². The number of hydrogen-bond acceptors (Lipinski definition) is 3. The lowest BCUT2D eigenvalue weighted by Crippen LogP contribution is -1.94. The van der Waals surface area contributed by atoms with Crippen LogP contribution in [0.3, 0.4) is 0 Å². The van der Waals surface area contributed by atoms with E-state index >= 15 is 0 Å². The van der Waals surface area contributed by atoms with Crippen LogP contribution in [0.5, 0.6) is 0 Å². The number of nitrogens with two attached hydrogens (primary N) is 1. The minimum Gasteiger partial charge on any atom is -0.398 e. The van der Waals surface area contributed by atoms with Crippen LogP contribution in [-0.4, -0.2) is 4.98 Å². The van der Waals surface area contributed by atoms with Crippen LogP contribution in [0.4, 0.5) is 5.69 Å². The quantitative estimate of drug-likeness (QED) is 0.707. The van der Waals surface area contributed by atoms with Gasteiger partial charge in [0.05, 0.1) is 15.2 Å². The highest BCUT2D eigenvalue weighted by atomic mass is 32.1. The van der Waals surface area contributed by atoms with Crippen LogP contribution in [0.1, 0.15) is 16.1 Å². The molecule has 0 spiro atoms. The Morgan fingerprint density at radius 2 is 1.94 bits per heavy atom. The predicted molar refractivity (Wildman–Crippen MR) is 78.0 cm³/mol. The molecule has 3 heteroatoms. The minimum atomic E-state index is 0.811. The van der Waals surface area contributed by atoms with Crippen molar-refractivity contribution in [2.45, 2.75) is 13.3 Å². The number of anilines is 1. The summed E-state index contributed by atoms with van der Waals surface area (Å²) in [6, 6.07) is 14.3. The Morgan fingerprint density at radius 3 is 2.72 bits per heavy atom. The van der Waals surface area contributed by atoms with Gasteiger partial charge in [-0.25, -0.2) is 4.98 Å². The molecule has 0 aliphatic carbocycles. The van der Waals surface area contributed by atoms with Crippen molar-refractivity contribution in [2.75, 3.05) is 5.73 Å². The second kappa shape index (κ2) is 4.42. The number of rotatable bonds is 2. The topological polar surface area (TPSA) is 38.9 Å². The van der Waals surface area contributed by atoms with Crippen LogP contribution in [0, 0.1) is 6.92 Å². The molecule has 0 atom stereocenters. The molecule has 0 bridgehead atoms. The molecule has 90 valence electrons. The van der Waals surface area contributed by atoms with Crippen LogP contribution >= 0.6 is 11.3 Å². The number of benzene rings is 2. The summed E-state index contributed by atoms with van der Waals surface area (Å²) in [6.07, 6.45) is 0.811. The van der Waals surface area contributed by atoms with E-state index in [0.29, 0.717) is 0 Å². The normalized spacial score (nSPS) is 10.9. The van der Waals surface area contributed by atoms with Gasteiger partial charge in [0.25, 0.3) is 0 Å². The lowest BCUT2D eigenvalue weighted by Gasteiger charge is -2.01. The number of nitrogens with zero attached hydrogens (tertiary/aromatic N) is 1. The maximum absolute atomic E-state index is 5.97. The van der Waals surface area contributed by atoms with Crippen LogP contribution < -0.4 is 5.73 Å². The molecule has 0 unspecified atom stereocenters. The first-order valence-corrected chi connectivity index (χ1v) is 6.74. The predicted octanol–water partition coefficient (Wildman–Crippen LogP) is 3.78. The number of para-hydroxylation sites is 2. The summed E-state index contributed by atoms with van der Waals surface area (Å²) >= 11 is 1.75. The summed E-state index contributed by atoms with van der Waals surface area (Å²) < 4.78 is 1.25. The molecule has 0 fully saturated rings. The number of fused-ring (bicyclic) bond motifs is 1. The Balaban J connectivity index is 2.01. The fraction of sp³-hybridized carbons (Fsp3) is 0.133. The van der Waals surface area contributed by atoms with E-state index in [1.165, 1.54) is 10.3 Å². The van der Waals surface area contributed by atoms with Crippen molar-refractivity contribution in [3.8, 4) is 0 Å². The zero-order valence-corrected chi connectivity index (χ0v) is 11.0. The fourth-order valence-corrected chi connectivity index (χ4v) is 3.13. The van der Waals surface area contributed by atoms with E-state index in [-0.39, 0.29) is 0 Å². The van der Waals surface area contributed by atoms with Crippen LogP contribution in [0.15, 0.2) is 42.5 Å². The van der Waals surface area contributed by atoms with E-state index in [1.54, 1.807) is 11.3 Å². The van der Waals surface area contributed by atoms with E-state index in [0.717, 1.165) is 28.2 Å². The number of thiazole rings is 1. The van der Waals surface area contributed by atoms with Gasteiger partial charge in [-0.05, 0) is 30.2 Å². The van der Waals surface area contributed by atoms with Gasteiger partial charge in [-0.3, -0.25) is 0 Å². The molecule has 3 rings (SSSR count). The van der Waals surface area contributed by atoms with Crippen molar-refractivity contribution >= 4 is 27.2 Å². The lowest BCUT2D eigenvalue weighted by atomic mass is 10.1. The first-order chi connectivity index (χ1) is 8.74. The molecular formula is C15H14N2S. The van der Waals surface area contributed by atoms with Crippen molar-refractivity contribution in [1.29, 1.82) is 0 Å². The van der Waals surface area contributed by atoms with Gasteiger partial charge in [-0.15, -0.1) is 11.3 Å². The first-order valence-electron chi connectivity index (χ1n) is 5.92. The highest BCUT2D eigenvalue weighted by Gasteiger charge is 2.07. The van der Waals surface area contributed by atoms with Crippen molar-refractivity contribution in [2.24, 2.45) is 0 Å². The summed E-state index contributed by atoms with van der Waals surface area (Å²) in [7, 11) is 0. The fourth-order valence-electron chi connectivity index (χ4n) is 2.07. The van der Waals surface area contributed by atoms with E-state index in [4.69, 9.17) is 10.7 Å². The van der Waals surface area contributed by atoms with Gasteiger partial charge < -0.3 is 5.73 Å². The Hall–Kier alpha value is -1.87. The molecule has 0 aliphatic rings. The molecule has 2 nitrogen and oxygen atoms in total. The molecule has 3 aromatic rings. The van der Waals surface area contributed by atoms with Gasteiger partial charge in [0.2, 0.25) is 0 Å². The molecule has 2 N–H and O–H groups in total. The van der Waals surface area contributed by atoms with E-state index in [9.17, 15) is 0 Å². The average Bonchev–Trinajstić information content (AvgIpc) is 2.76. The Morgan fingerprint density at radius 1 is 1.11 bits per heavy atom. The second-order valence-electron chi connectivity index (χ2n) is 4.40. The smallest absolute Gasteiger partial charge is 0.0983 e. The molecule has 0 saturated heterocycles. The molecular weight excluding hydrogens is 240 g/mol. The van der Waals surface area contributed by atoms with Crippen molar-refractivity contribution in [3.63, 3.8) is 0 Å². The Bertz CT molecular complexity index is 701. The third-order valence-corrected chi connectivity index (χ3v) is 4.08. The summed E-state index contributed by atoms with van der Waals surface area (Å²) in [4.78, 5) is 4.71. The van der Waals surface area contributed by atoms with Gasteiger partial charge in [0, 0.05) is 12.1 Å². The molecule has 1 heterocycles. The standard InChI is InChI=1S/C15H14N2S/c1-10-5-4-8-13-15(10)17-14(18-13)9-11-6-2-3-7-12(11)16/h2-8H,9,16H2,1H3. The van der Waals surface area contributed by atoms with Crippen LogP contribution in [0.2, 0.25) is 0 Å². The SMILES string of the molecule is Cc1cccc2sc(Cc3ccccc3N)nc12. The summed E-state index contributed by atoms with van der Waals surface area (Å²) in [5.41, 5.74) is 10.3. The van der Waals surface area contributed by atoms with E-state index in [1.807, 2.05) is 18.2 Å². The molecule has 0 radical (unpaired) electrons. The monoisotopic (exact) mass is 254 g/mol. The molecule has 18 heavy (non-hydrogen) atoms. The number of hydrogen-bond donors (Lipinski definition) is 1. The largest absolute Gasteiger partial charge is 0.398 e. The van der Waals surface area contributed by atoms with Gasteiger partial charge in [0.1, 0.15) is 0 Å². The average molecular weight is 254 g/mol. The third-order valence-electron chi connectivity index (χ3n) is 3.06. The second-order valence-corrected chi connectivity index (χ2v) is 5.52. The first kappa shape index (κ1) is 11.2. The minimum absolute atomic E-state index is 0.811.